The van der Waals surface area contributed by atoms with Crippen molar-refractivity contribution in [2.24, 2.45) is 5.73 Å². The fraction of sp³-hybridized carbons (Fsp3) is 0.300. The number of rotatable bonds is 3. The molecular weight excluding hydrogens is 230 g/mol. The molecule has 0 aliphatic carbocycles. The molecule has 1 atom stereocenters. The van der Waals surface area contributed by atoms with E-state index in [1.807, 2.05) is 31.2 Å². The third kappa shape index (κ3) is 3.19. The number of hydrogen-bond acceptors (Lipinski definition) is 1. The number of hydrogen-bond donors (Lipinski definition) is 1. The predicted octanol–water partition coefficient (Wildman–Crippen LogP) is 1.79. The zero-order valence-corrected chi connectivity index (χ0v) is 9.04. The van der Waals surface area contributed by atoms with Gasteiger partial charge in [0.15, 0.2) is 0 Å². The average Bonchev–Trinajstić information content (AvgIpc) is 2.08. The first-order valence-electron chi connectivity index (χ1n) is 4.08. The molecule has 0 saturated heterocycles. The molecule has 0 aliphatic rings. The van der Waals surface area contributed by atoms with E-state index in [2.05, 4.69) is 15.9 Å². The summed E-state index contributed by atoms with van der Waals surface area (Å²) in [6.07, 6.45) is 0.648. The van der Waals surface area contributed by atoms with Gasteiger partial charge >= 0.3 is 0 Å². The van der Waals surface area contributed by atoms with Crippen LogP contribution in [-0.2, 0) is 11.2 Å². The lowest BCUT2D eigenvalue weighted by Gasteiger charge is -2.05. The predicted molar refractivity (Wildman–Crippen MR) is 56.8 cm³/mol. The number of benzene rings is 1. The van der Waals surface area contributed by atoms with Gasteiger partial charge < -0.3 is 5.73 Å². The molecule has 0 spiro atoms. The maximum absolute atomic E-state index is 10.7. The Morgan fingerprint density at radius 3 is 2.46 bits per heavy atom. The number of halogens is 1. The van der Waals surface area contributed by atoms with E-state index >= 15 is 0 Å². The highest BCUT2D eigenvalue weighted by molar-refractivity contribution is 9.10. The number of amides is 1. The fourth-order valence-corrected chi connectivity index (χ4v) is 1.41. The molecule has 3 heteroatoms. The Balaban J connectivity index is 2.64. The van der Waals surface area contributed by atoms with Gasteiger partial charge in [-0.25, -0.2) is 0 Å². The maximum Gasteiger partial charge on any atom is 0.231 e. The molecule has 0 fully saturated rings. The molecule has 70 valence electrons. The first-order valence-corrected chi connectivity index (χ1v) is 5.00. The van der Waals surface area contributed by atoms with Crippen molar-refractivity contribution in [2.45, 2.75) is 18.2 Å². The minimum Gasteiger partial charge on any atom is -0.369 e. The summed E-state index contributed by atoms with van der Waals surface area (Å²) >= 11 is 3.22. The van der Waals surface area contributed by atoms with Crippen molar-refractivity contribution in [3.8, 4) is 0 Å². The van der Waals surface area contributed by atoms with Crippen LogP contribution in [0.15, 0.2) is 24.3 Å². The SMILES string of the molecule is Cc1ccc(CC(Br)C(N)=O)cc1. The Kier molecular flexibility index (Phi) is 3.48. The lowest BCUT2D eigenvalue weighted by molar-refractivity contribution is -0.117. The largest absolute Gasteiger partial charge is 0.369 e. The van der Waals surface area contributed by atoms with Crippen molar-refractivity contribution in [1.29, 1.82) is 0 Å². The average molecular weight is 242 g/mol. The van der Waals surface area contributed by atoms with Gasteiger partial charge in [-0.1, -0.05) is 45.8 Å². The third-order valence-corrected chi connectivity index (χ3v) is 2.62. The molecule has 1 unspecified atom stereocenters. The number of alkyl halides is 1. The third-order valence-electron chi connectivity index (χ3n) is 1.84. The Hall–Kier alpha value is -0.830. The van der Waals surface area contributed by atoms with Crippen LogP contribution in [0.3, 0.4) is 0 Å². The van der Waals surface area contributed by atoms with Gasteiger partial charge in [-0.05, 0) is 18.9 Å². The van der Waals surface area contributed by atoms with Gasteiger partial charge in [0.05, 0.1) is 4.83 Å². The van der Waals surface area contributed by atoms with Crippen LogP contribution in [0.25, 0.3) is 0 Å². The Bertz CT molecular complexity index is 294. The van der Waals surface area contributed by atoms with Crippen LogP contribution >= 0.6 is 15.9 Å². The van der Waals surface area contributed by atoms with E-state index in [-0.39, 0.29) is 10.7 Å². The molecule has 1 rings (SSSR count). The van der Waals surface area contributed by atoms with Crippen molar-refractivity contribution >= 4 is 21.8 Å². The molecule has 13 heavy (non-hydrogen) atoms. The topological polar surface area (TPSA) is 43.1 Å². The number of nitrogens with two attached hydrogens (primary N) is 1. The highest BCUT2D eigenvalue weighted by atomic mass is 79.9. The molecule has 0 radical (unpaired) electrons. The second-order valence-electron chi connectivity index (χ2n) is 3.06. The van der Waals surface area contributed by atoms with Crippen molar-refractivity contribution in [1.82, 2.24) is 0 Å². The second-order valence-corrected chi connectivity index (χ2v) is 4.16. The molecule has 1 amide bonds. The lowest BCUT2D eigenvalue weighted by atomic mass is 10.1. The second kappa shape index (κ2) is 4.42. The monoisotopic (exact) mass is 241 g/mol. The molecule has 1 aromatic rings. The highest BCUT2D eigenvalue weighted by Crippen LogP contribution is 2.10. The summed E-state index contributed by atoms with van der Waals surface area (Å²) in [5.41, 5.74) is 7.46. The van der Waals surface area contributed by atoms with Crippen molar-refractivity contribution < 1.29 is 4.79 Å². The molecule has 0 heterocycles. The van der Waals surface area contributed by atoms with Crippen LogP contribution in [0, 0.1) is 6.92 Å². The van der Waals surface area contributed by atoms with Gasteiger partial charge in [0.1, 0.15) is 0 Å². The van der Waals surface area contributed by atoms with E-state index in [4.69, 9.17) is 5.73 Å². The van der Waals surface area contributed by atoms with Crippen LogP contribution in [0.4, 0.5) is 0 Å². The van der Waals surface area contributed by atoms with E-state index < -0.39 is 0 Å². The minimum absolute atomic E-state index is 0.268. The fourth-order valence-electron chi connectivity index (χ4n) is 1.03. The molecule has 2 nitrogen and oxygen atoms in total. The van der Waals surface area contributed by atoms with E-state index in [1.54, 1.807) is 0 Å². The number of aryl methyl sites for hydroxylation is 1. The number of carbonyl (C=O) groups is 1. The molecule has 0 saturated carbocycles. The normalized spacial score (nSPS) is 12.5. The van der Waals surface area contributed by atoms with Gasteiger partial charge in [-0.3, -0.25) is 4.79 Å². The summed E-state index contributed by atoms with van der Waals surface area (Å²) in [7, 11) is 0. The molecule has 0 bridgehead atoms. The zero-order valence-electron chi connectivity index (χ0n) is 7.46. The van der Waals surface area contributed by atoms with Gasteiger partial charge in [0.2, 0.25) is 5.91 Å². The van der Waals surface area contributed by atoms with E-state index in [9.17, 15) is 4.79 Å². The van der Waals surface area contributed by atoms with Gasteiger partial charge in [0, 0.05) is 0 Å². The smallest absolute Gasteiger partial charge is 0.231 e. The first kappa shape index (κ1) is 10.3. The number of primary amides is 1. The lowest BCUT2D eigenvalue weighted by Crippen LogP contribution is -2.24. The van der Waals surface area contributed by atoms with Crippen LogP contribution in [-0.4, -0.2) is 10.7 Å². The summed E-state index contributed by atoms with van der Waals surface area (Å²) in [6, 6.07) is 8.06. The molecular formula is C10H12BrNO. The van der Waals surface area contributed by atoms with Crippen LogP contribution < -0.4 is 5.73 Å². The first-order chi connectivity index (χ1) is 6.09. The quantitative estimate of drug-likeness (QED) is 0.806. The molecule has 0 aliphatic heterocycles. The van der Waals surface area contributed by atoms with Gasteiger partial charge in [-0.15, -0.1) is 0 Å². The highest BCUT2D eigenvalue weighted by Gasteiger charge is 2.10. The molecule has 1 aromatic carbocycles. The molecule has 2 N–H and O–H groups in total. The van der Waals surface area contributed by atoms with Gasteiger partial charge in [0.25, 0.3) is 0 Å². The number of carbonyl (C=O) groups excluding carboxylic acids is 1. The Morgan fingerprint density at radius 1 is 1.46 bits per heavy atom. The van der Waals surface area contributed by atoms with Crippen LogP contribution in [0.1, 0.15) is 11.1 Å². The summed E-state index contributed by atoms with van der Waals surface area (Å²) in [4.78, 5) is 10.5. The Labute approximate surface area is 86.3 Å². The van der Waals surface area contributed by atoms with E-state index in [0.717, 1.165) is 5.56 Å². The Morgan fingerprint density at radius 2 is 2.00 bits per heavy atom. The zero-order chi connectivity index (χ0) is 9.84. The van der Waals surface area contributed by atoms with Gasteiger partial charge in [-0.2, -0.15) is 0 Å². The van der Waals surface area contributed by atoms with Crippen molar-refractivity contribution in [3.63, 3.8) is 0 Å². The maximum atomic E-state index is 10.7. The van der Waals surface area contributed by atoms with Crippen LogP contribution in [0.2, 0.25) is 0 Å². The summed E-state index contributed by atoms with van der Waals surface area (Å²) in [5.74, 6) is -0.319. The van der Waals surface area contributed by atoms with Crippen molar-refractivity contribution in [2.75, 3.05) is 0 Å². The summed E-state index contributed by atoms with van der Waals surface area (Å²) in [6.45, 7) is 2.03. The van der Waals surface area contributed by atoms with Crippen molar-refractivity contribution in [3.05, 3.63) is 35.4 Å². The molecule has 0 aromatic heterocycles. The summed E-state index contributed by atoms with van der Waals surface area (Å²) in [5, 5.41) is 0. The minimum atomic E-state index is -0.319. The van der Waals surface area contributed by atoms with E-state index in [0.29, 0.717) is 6.42 Å². The van der Waals surface area contributed by atoms with E-state index in [1.165, 1.54) is 5.56 Å². The van der Waals surface area contributed by atoms with Crippen LogP contribution in [0.5, 0.6) is 0 Å². The summed E-state index contributed by atoms with van der Waals surface area (Å²) < 4.78 is 0. The standard InChI is InChI=1S/C10H12BrNO/c1-7-2-4-8(5-3-7)6-9(11)10(12)13/h2-5,9H,6H2,1H3,(H2,12,13).